The third-order valence-corrected chi connectivity index (χ3v) is 3.34. The zero-order chi connectivity index (χ0) is 13.8. The molecule has 0 N–H and O–H groups in total. The minimum absolute atomic E-state index is 0.0385. The maximum absolute atomic E-state index is 11.8. The second-order valence-electron chi connectivity index (χ2n) is 4.48. The Labute approximate surface area is 118 Å². The van der Waals surface area contributed by atoms with E-state index in [1.54, 1.807) is 16.8 Å². The first-order chi connectivity index (χ1) is 9.17. The Morgan fingerprint density at radius 1 is 1.37 bits per heavy atom. The van der Waals surface area contributed by atoms with Crippen molar-refractivity contribution in [2.45, 2.75) is 33.1 Å². The van der Waals surface area contributed by atoms with Gasteiger partial charge in [-0.1, -0.05) is 31.9 Å². The van der Waals surface area contributed by atoms with E-state index in [4.69, 9.17) is 16.3 Å². The van der Waals surface area contributed by atoms with E-state index in [0.717, 1.165) is 29.5 Å². The van der Waals surface area contributed by atoms with Crippen LogP contribution in [0.15, 0.2) is 24.4 Å². The van der Waals surface area contributed by atoms with Crippen LogP contribution in [0.5, 0.6) is 5.75 Å². The van der Waals surface area contributed by atoms with Gasteiger partial charge in [0.05, 0.1) is 17.1 Å². The summed E-state index contributed by atoms with van der Waals surface area (Å²) in [5.74, 6) is 0.796. The number of nitrogens with zero attached hydrogens (tertiary/aromatic N) is 1. The normalized spacial score (nSPS) is 10.9. The summed E-state index contributed by atoms with van der Waals surface area (Å²) in [7, 11) is 0. The van der Waals surface area contributed by atoms with Crippen LogP contribution in [0.2, 0.25) is 5.02 Å². The van der Waals surface area contributed by atoms with Crippen LogP contribution in [0, 0.1) is 0 Å². The highest BCUT2D eigenvalue weighted by molar-refractivity contribution is 6.35. The number of benzene rings is 1. The third-order valence-electron chi connectivity index (χ3n) is 3.05. The lowest BCUT2D eigenvalue weighted by Gasteiger charge is -2.08. The van der Waals surface area contributed by atoms with Crippen molar-refractivity contribution in [1.82, 2.24) is 4.57 Å². The number of rotatable bonds is 5. The Kier molecular flexibility index (Phi) is 4.48. The maximum atomic E-state index is 11.8. The number of ether oxygens (including phenoxy) is 1. The first-order valence-electron chi connectivity index (χ1n) is 6.64. The summed E-state index contributed by atoms with van der Waals surface area (Å²) in [5.41, 5.74) is 0.761. The van der Waals surface area contributed by atoms with Crippen LogP contribution in [0.3, 0.4) is 0 Å². The second-order valence-corrected chi connectivity index (χ2v) is 4.89. The molecule has 0 saturated carbocycles. The van der Waals surface area contributed by atoms with Crippen LogP contribution < -0.4 is 4.74 Å². The van der Waals surface area contributed by atoms with Crippen LogP contribution in [0.25, 0.3) is 10.9 Å². The molecule has 0 aliphatic rings. The molecule has 102 valence electrons. The summed E-state index contributed by atoms with van der Waals surface area (Å²) in [6, 6.07) is 5.59. The number of carbonyl (C=O) groups is 1. The summed E-state index contributed by atoms with van der Waals surface area (Å²) in [6.07, 6.45) is 4.33. The van der Waals surface area contributed by atoms with Crippen LogP contribution in [-0.4, -0.2) is 17.1 Å². The minimum Gasteiger partial charge on any atom is -0.494 e. The largest absolute Gasteiger partial charge is 0.494 e. The highest BCUT2D eigenvalue weighted by atomic mass is 35.5. The van der Waals surface area contributed by atoms with Gasteiger partial charge >= 0.3 is 0 Å². The van der Waals surface area contributed by atoms with Crippen LogP contribution in [-0.2, 0) is 0 Å². The molecule has 1 aromatic carbocycles. The fraction of sp³-hybridized carbons (Fsp3) is 0.400. The highest BCUT2D eigenvalue weighted by Crippen LogP contribution is 2.30. The van der Waals surface area contributed by atoms with Crippen molar-refractivity contribution in [3.05, 3.63) is 29.4 Å². The van der Waals surface area contributed by atoms with Gasteiger partial charge in [0, 0.05) is 24.1 Å². The highest BCUT2D eigenvalue weighted by Gasteiger charge is 2.12. The van der Waals surface area contributed by atoms with Crippen molar-refractivity contribution in [2.24, 2.45) is 0 Å². The van der Waals surface area contributed by atoms with Gasteiger partial charge in [-0.05, 0) is 18.6 Å². The molecule has 0 radical (unpaired) electrons. The van der Waals surface area contributed by atoms with Crippen molar-refractivity contribution in [1.29, 1.82) is 0 Å². The van der Waals surface area contributed by atoms with Crippen LogP contribution in [0.4, 0.5) is 0 Å². The predicted octanol–water partition coefficient (Wildman–Crippen LogP) is 4.52. The molecule has 0 amide bonds. The fourth-order valence-corrected chi connectivity index (χ4v) is 2.31. The lowest BCUT2D eigenvalue weighted by molar-refractivity contribution is 0.0914. The Balaban J connectivity index is 2.35. The minimum atomic E-state index is 0.0385. The molecule has 0 spiro atoms. The zero-order valence-electron chi connectivity index (χ0n) is 11.3. The SMILES string of the molecule is CCCCOc1cc(Cl)c2c(ccn2C(=O)CC)c1. The number of halogens is 1. The summed E-state index contributed by atoms with van der Waals surface area (Å²) in [4.78, 5) is 11.8. The zero-order valence-corrected chi connectivity index (χ0v) is 12.0. The molecule has 0 aliphatic heterocycles. The number of carbonyl (C=O) groups excluding carboxylic acids is 1. The first kappa shape index (κ1) is 13.9. The molecule has 1 aromatic heterocycles. The standard InChI is InChI=1S/C15H18ClNO2/c1-3-5-8-19-12-9-11-6-7-17(14(18)4-2)15(11)13(16)10-12/h6-7,9-10H,3-5,8H2,1-2H3. The van der Waals surface area contributed by atoms with Crippen molar-refractivity contribution in [3.63, 3.8) is 0 Å². The van der Waals surface area contributed by atoms with Crippen LogP contribution >= 0.6 is 11.6 Å². The fourth-order valence-electron chi connectivity index (χ4n) is 2.00. The van der Waals surface area contributed by atoms with E-state index in [0.29, 0.717) is 18.1 Å². The average molecular weight is 280 g/mol. The third kappa shape index (κ3) is 2.92. The number of unbranched alkanes of at least 4 members (excludes halogenated alkanes) is 1. The van der Waals surface area contributed by atoms with E-state index in [1.165, 1.54) is 0 Å². The topological polar surface area (TPSA) is 31.2 Å². The van der Waals surface area contributed by atoms with E-state index < -0.39 is 0 Å². The van der Waals surface area contributed by atoms with Gasteiger partial charge in [0.25, 0.3) is 0 Å². The Morgan fingerprint density at radius 2 is 2.16 bits per heavy atom. The Morgan fingerprint density at radius 3 is 2.84 bits per heavy atom. The Hall–Kier alpha value is -1.48. The number of aromatic nitrogens is 1. The number of hydrogen-bond acceptors (Lipinski definition) is 2. The van der Waals surface area contributed by atoms with Gasteiger partial charge in [0.1, 0.15) is 5.75 Å². The molecule has 2 rings (SSSR count). The van der Waals surface area contributed by atoms with Crippen molar-refractivity contribution in [2.75, 3.05) is 6.61 Å². The summed E-state index contributed by atoms with van der Waals surface area (Å²) in [6.45, 7) is 4.65. The second kappa shape index (κ2) is 6.11. The lowest BCUT2D eigenvalue weighted by Crippen LogP contribution is -2.07. The molecular formula is C15H18ClNO2. The molecule has 1 heterocycles. The average Bonchev–Trinajstić information content (AvgIpc) is 2.82. The smallest absolute Gasteiger partial charge is 0.230 e. The first-order valence-corrected chi connectivity index (χ1v) is 7.01. The van der Waals surface area contributed by atoms with Crippen molar-refractivity contribution in [3.8, 4) is 5.75 Å². The summed E-state index contributed by atoms with van der Waals surface area (Å²) < 4.78 is 7.26. The molecule has 19 heavy (non-hydrogen) atoms. The summed E-state index contributed by atoms with van der Waals surface area (Å²) >= 11 is 6.27. The molecule has 0 saturated heterocycles. The predicted molar refractivity (Wildman–Crippen MR) is 78.3 cm³/mol. The van der Waals surface area contributed by atoms with Gasteiger partial charge in [0.2, 0.25) is 5.91 Å². The van der Waals surface area contributed by atoms with Crippen LogP contribution in [0.1, 0.15) is 37.9 Å². The molecular weight excluding hydrogens is 262 g/mol. The quantitative estimate of drug-likeness (QED) is 0.753. The van der Waals surface area contributed by atoms with Gasteiger partial charge in [-0.25, -0.2) is 0 Å². The Bertz CT molecular complexity index is 589. The maximum Gasteiger partial charge on any atom is 0.230 e. The van der Waals surface area contributed by atoms with Gasteiger partial charge < -0.3 is 4.74 Å². The molecule has 0 aliphatic carbocycles. The molecule has 0 unspecified atom stereocenters. The van der Waals surface area contributed by atoms with Gasteiger partial charge in [-0.2, -0.15) is 0 Å². The molecule has 3 nitrogen and oxygen atoms in total. The van der Waals surface area contributed by atoms with Gasteiger partial charge in [-0.15, -0.1) is 0 Å². The molecule has 0 atom stereocenters. The summed E-state index contributed by atoms with van der Waals surface area (Å²) in [5, 5.41) is 1.48. The molecule has 0 fully saturated rings. The van der Waals surface area contributed by atoms with Gasteiger partial charge in [-0.3, -0.25) is 9.36 Å². The molecule has 2 aromatic rings. The lowest BCUT2D eigenvalue weighted by atomic mass is 10.2. The van der Waals surface area contributed by atoms with E-state index in [9.17, 15) is 4.79 Å². The molecule has 4 heteroatoms. The van der Waals surface area contributed by atoms with Crippen molar-refractivity contribution >= 4 is 28.4 Å². The van der Waals surface area contributed by atoms with E-state index >= 15 is 0 Å². The number of hydrogen-bond donors (Lipinski definition) is 0. The van der Waals surface area contributed by atoms with E-state index in [-0.39, 0.29) is 5.91 Å². The molecule has 0 bridgehead atoms. The van der Waals surface area contributed by atoms with Gasteiger partial charge in [0.15, 0.2) is 0 Å². The monoisotopic (exact) mass is 279 g/mol. The van der Waals surface area contributed by atoms with E-state index in [2.05, 4.69) is 6.92 Å². The number of fused-ring (bicyclic) bond motifs is 1. The van der Waals surface area contributed by atoms with Crippen molar-refractivity contribution < 1.29 is 9.53 Å². The van der Waals surface area contributed by atoms with E-state index in [1.807, 2.05) is 19.1 Å².